The molecule has 0 bridgehead atoms. The van der Waals surface area contributed by atoms with E-state index < -0.39 is 14.4 Å². The van der Waals surface area contributed by atoms with Crippen molar-refractivity contribution in [1.82, 2.24) is 0 Å². The molecule has 0 spiro atoms. The summed E-state index contributed by atoms with van der Waals surface area (Å²) >= 11 is 0. The molecule has 1 atom stereocenters. The molecule has 2 rings (SSSR count). The van der Waals surface area contributed by atoms with Gasteiger partial charge in [-0.05, 0) is 42.2 Å². The van der Waals surface area contributed by atoms with Crippen LogP contribution in [0, 0.1) is 0 Å². The first-order valence-corrected chi connectivity index (χ1v) is 10.8. The van der Waals surface area contributed by atoms with E-state index >= 15 is 0 Å². The minimum Gasteiger partial charge on any atom is -0.486 e. The van der Waals surface area contributed by atoms with E-state index in [0.717, 1.165) is 11.3 Å². The zero-order valence-electron chi connectivity index (χ0n) is 14.3. The first-order valence-electron chi connectivity index (χ1n) is 7.92. The van der Waals surface area contributed by atoms with Gasteiger partial charge < -0.3 is 19.0 Å². The number of aliphatic hydroxyl groups excluding tert-OH is 1. The van der Waals surface area contributed by atoms with Crippen molar-refractivity contribution < 1.29 is 19.0 Å². The Labute approximate surface area is 134 Å². The van der Waals surface area contributed by atoms with Gasteiger partial charge in [0.15, 0.2) is 19.8 Å². The van der Waals surface area contributed by atoms with E-state index in [-0.39, 0.29) is 5.04 Å². The van der Waals surface area contributed by atoms with E-state index in [0.29, 0.717) is 32.0 Å². The van der Waals surface area contributed by atoms with Gasteiger partial charge in [0, 0.05) is 6.61 Å². The van der Waals surface area contributed by atoms with Crippen LogP contribution in [0.1, 0.15) is 38.9 Å². The molecule has 0 fully saturated rings. The molecular formula is C17H28O4Si. The summed E-state index contributed by atoms with van der Waals surface area (Å²) in [5, 5.41) is 10.6. The molecule has 1 aliphatic rings. The van der Waals surface area contributed by atoms with Crippen LogP contribution in [0.25, 0.3) is 0 Å². The zero-order valence-corrected chi connectivity index (χ0v) is 15.3. The average Bonchev–Trinajstić information content (AvgIpc) is 2.45. The van der Waals surface area contributed by atoms with Gasteiger partial charge in [0.05, 0.1) is 6.10 Å². The summed E-state index contributed by atoms with van der Waals surface area (Å²) in [4.78, 5) is 0. The fourth-order valence-electron chi connectivity index (χ4n) is 2.08. The summed E-state index contributed by atoms with van der Waals surface area (Å²) in [6, 6.07) is 5.62. The molecule has 0 saturated heterocycles. The monoisotopic (exact) mass is 324 g/mol. The van der Waals surface area contributed by atoms with Crippen LogP contribution in [0.3, 0.4) is 0 Å². The van der Waals surface area contributed by atoms with Crippen LogP contribution in [-0.4, -0.2) is 33.2 Å². The number of rotatable bonds is 5. The standard InChI is InChI=1S/C17H28O4Si/c1-17(2,3)22(4,5)21-9-8-14(18)13-6-7-15-16(12-13)20-11-10-19-15/h6-7,12,14,18H,8-11H2,1-5H3/t14-/m0/s1. The lowest BCUT2D eigenvalue weighted by Gasteiger charge is -2.36. The maximum absolute atomic E-state index is 10.4. The maximum Gasteiger partial charge on any atom is 0.191 e. The lowest BCUT2D eigenvalue weighted by Crippen LogP contribution is -2.41. The highest BCUT2D eigenvalue weighted by molar-refractivity contribution is 6.74. The summed E-state index contributed by atoms with van der Waals surface area (Å²) in [7, 11) is -1.75. The van der Waals surface area contributed by atoms with Crippen molar-refractivity contribution in [2.75, 3.05) is 19.8 Å². The molecule has 0 aromatic heterocycles. The van der Waals surface area contributed by atoms with E-state index in [2.05, 4.69) is 33.9 Å². The van der Waals surface area contributed by atoms with Gasteiger partial charge in [-0.1, -0.05) is 26.8 Å². The minimum absolute atomic E-state index is 0.189. The van der Waals surface area contributed by atoms with Crippen molar-refractivity contribution >= 4 is 8.32 Å². The fourth-order valence-corrected chi connectivity index (χ4v) is 3.14. The van der Waals surface area contributed by atoms with Crippen LogP contribution in [0.15, 0.2) is 18.2 Å². The van der Waals surface area contributed by atoms with Crippen LogP contribution in [0.4, 0.5) is 0 Å². The van der Waals surface area contributed by atoms with Crippen molar-refractivity contribution in [2.24, 2.45) is 0 Å². The van der Waals surface area contributed by atoms with E-state index in [1.54, 1.807) is 0 Å². The largest absolute Gasteiger partial charge is 0.486 e. The molecule has 1 N–H and O–H groups in total. The third-order valence-electron chi connectivity index (χ3n) is 4.61. The molecule has 1 aliphatic heterocycles. The van der Waals surface area contributed by atoms with Crippen molar-refractivity contribution in [3.63, 3.8) is 0 Å². The maximum atomic E-state index is 10.4. The summed E-state index contributed by atoms with van der Waals surface area (Å²) in [6.07, 6.45) is 0.0483. The zero-order chi connectivity index (χ0) is 16.4. The number of ether oxygens (including phenoxy) is 2. The molecule has 124 valence electrons. The van der Waals surface area contributed by atoms with Gasteiger partial charge in [-0.3, -0.25) is 0 Å². The molecule has 0 unspecified atom stereocenters. The summed E-state index contributed by atoms with van der Waals surface area (Å²) in [5.74, 6) is 1.47. The summed E-state index contributed by atoms with van der Waals surface area (Å²) in [5.41, 5.74) is 0.850. The first kappa shape index (κ1) is 17.3. The molecule has 1 heterocycles. The SMILES string of the molecule is CC(C)(C)[Si](C)(C)OCC[C@H](O)c1ccc2c(c1)OCCO2. The minimum atomic E-state index is -1.75. The molecular weight excluding hydrogens is 296 g/mol. The lowest BCUT2D eigenvalue weighted by molar-refractivity contribution is 0.134. The van der Waals surface area contributed by atoms with Gasteiger partial charge in [-0.2, -0.15) is 0 Å². The van der Waals surface area contributed by atoms with Crippen molar-refractivity contribution in [3.8, 4) is 11.5 Å². The Morgan fingerprint density at radius 3 is 2.45 bits per heavy atom. The quantitative estimate of drug-likeness (QED) is 0.834. The van der Waals surface area contributed by atoms with E-state index in [1.807, 2.05) is 18.2 Å². The second kappa shape index (κ2) is 6.60. The highest BCUT2D eigenvalue weighted by Gasteiger charge is 2.37. The Kier molecular flexibility index (Phi) is 5.20. The Morgan fingerprint density at radius 2 is 1.82 bits per heavy atom. The van der Waals surface area contributed by atoms with Crippen LogP contribution in [0.5, 0.6) is 11.5 Å². The van der Waals surface area contributed by atoms with Gasteiger partial charge in [0.25, 0.3) is 0 Å². The fraction of sp³-hybridized carbons (Fsp3) is 0.647. The third-order valence-corrected chi connectivity index (χ3v) is 9.15. The average molecular weight is 324 g/mol. The van der Waals surface area contributed by atoms with Gasteiger partial charge in [0.1, 0.15) is 13.2 Å². The third kappa shape index (κ3) is 4.03. The lowest BCUT2D eigenvalue weighted by atomic mass is 10.1. The molecule has 5 heteroatoms. The van der Waals surface area contributed by atoms with Gasteiger partial charge in [-0.25, -0.2) is 0 Å². The smallest absolute Gasteiger partial charge is 0.191 e. The van der Waals surface area contributed by atoms with Gasteiger partial charge >= 0.3 is 0 Å². The second-order valence-corrected chi connectivity index (χ2v) is 12.1. The van der Waals surface area contributed by atoms with Crippen LogP contribution >= 0.6 is 0 Å². The summed E-state index contributed by atoms with van der Waals surface area (Å²) < 4.78 is 17.2. The second-order valence-electron chi connectivity index (χ2n) is 7.32. The van der Waals surface area contributed by atoms with E-state index in [9.17, 15) is 5.11 Å². The Morgan fingerprint density at radius 1 is 1.18 bits per heavy atom. The topological polar surface area (TPSA) is 47.9 Å². The van der Waals surface area contributed by atoms with E-state index in [4.69, 9.17) is 13.9 Å². The summed E-state index contributed by atoms with van der Waals surface area (Å²) in [6.45, 7) is 12.8. The number of hydrogen-bond donors (Lipinski definition) is 1. The van der Waals surface area contributed by atoms with Crippen molar-refractivity contribution in [1.29, 1.82) is 0 Å². The number of hydrogen-bond acceptors (Lipinski definition) is 4. The Hall–Kier alpha value is -1.04. The molecule has 0 radical (unpaired) electrons. The number of fused-ring (bicyclic) bond motifs is 1. The van der Waals surface area contributed by atoms with Crippen LogP contribution in [0.2, 0.25) is 18.1 Å². The van der Waals surface area contributed by atoms with Crippen LogP contribution in [-0.2, 0) is 4.43 Å². The molecule has 4 nitrogen and oxygen atoms in total. The number of aliphatic hydroxyl groups is 1. The normalized spacial score (nSPS) is 16.5. The predicted molar refractivity (Wildman–Crippen MR) is 90.2 cm³/mol. The predicted octanol–water partition coefficient (Wildman–Crippen LogP) is 3.90. The van der Waals surface area contributed by atoms with Gasteiger partial charge in [0.2, 0.25) is 0 Å². The van der Waals surface area contributed by atoms with Crippen molar-refractivity contribution in [2.45, 2.75) is 51.4 Å². The first-order chi connectivity index (χ1) is 10.2. The van der Waals surface area contributed by atoms with Crippen LogP contribution < -0.4 is 9.47 Å². The van der Waals surface area contributed by atoms with Gasteiger partial charge in [-0.15, -0.1) is 0 Å². The van der Waals surface area contributed by atoms with Crippen molar-refractivity contribution in [3.05, 3.63) is 23.8 Å². The molecule has 1 aromatic carbocycles. The molecule has 0 saturated carbocycles. The highest BCUT2D eigenvalue weighted by atomic mass is 28.4. The Bertz CT molecular complexity index is 508. The highest BCUT2D eigenvalue weighted by Crippen LogP contribution is 2.37. The van der Waals surface area contributed by atoms with E-state index in [1.165, 1.54) is 0 Å². The number of benzene rings is 1. The molecule has 22 heavy (non-hydrogen) atoms. The molecule has 0 aliphatic carbocycles. The molecule has 0 amide bonds. The molecule has 1 aromatic rings. The Balaban J connectivity index is 1.91.